The first kappa shape index (κ1) is 11.2. The molecule has 4 heteroatoms. The van der Waals surface area contributed by atoms with Gasteiger partial charge in [-0.15, -0.1) is 0 Å². The zero-order valence-electron chi connectivity index (χ0n) is 10.1. The van der Waals surface area contributed by atoms with Gasteiger partial charge in [-0.3, -0.25) is 4.99 Å². The number of rotatable bonds is 2. The van der Waals surface area contributed by atoms with Crippen LogP contribution in [0.2, 0.25) is 0 Å². The number of aliphatic imine (C=N–C) groups is 1. The molecule has 1 N–H and O–H groups in total. The maximum atomic E-state index is 5.40. The van der Waals surface area contributed by atoms with Crippen molar-refractivity contribution in [3.8, 4) is 0 Å². The number of fused-ring (bicyclic) bond motifs is 1. The number of amidine groups is 1. The van der Waals surface area contributed by atoms with Crippen LogP contribution in [0, 0.1) is 5.92 Å². The quantitative estimate of drug-likeness (QED) is 0.876. The van der Waals surface area contributed by atoms with Crippen LogP contribution in [-0.4, -0.2) is 17.0 Å². The summed E-state index contributed by atoms with van der Waals surface area (Å²) in [6, 6.07) is 4.71. The van der Waals surface area contributed by atoms with Crippen LogP contribution in [0.5, 0.6) is 0 Å². The van der Waals surface area contributed by atoms with Crippen molar-refractivity contribution in [2.24, 2.45) is 10.9 Å². The Morgan fingerprint density at radius 2 is 2.47 bits per heavy atom. The standard InChI is InChI=1S/C13H18N2OS/c1-9(12-6-3-7-16-12)14-13-15-11-5-2-4-10(11)8-17-13/h3,6-7,9-11H,2,4-5,8H2,1H3,(H,14,15). The predicted octanol–water partition coefficient (Wildman–Crippen LogP) is 3.20. The second kappa shape index (κ2) is 4.77. The molecule has 0 spiro atoms. The molecule has 0 aromatic carbocycles. The van der Waals surface area contributed by atoms with Crippen molar-refractivity contribution in [3.05, 3.63) is 24.2 Å². The maximum absolute atomic E-state index is 5.40. The largest absolute Gasteiger partial charge is 0.467 e. The van der Waals surface area contributed by atoms with E-state index in [0.29, 0.717) is 6.04 Å². The SMILES string of the molecule is CC(NC1=NC2CCCC2CS1)c1ccco1. The van der Waals surface area contributed by atoms with Crippen molar-refractivity contribution in [3.63, 3.8) is 0 Å². The van der Waals surface area contributed by atoms with Crippen LogP contribution in [0.1, 0.15) is 38.0 Å². The van der Waals surface area contributed by atoms with Crippen LogP contribution in [0.4, 0.5) is 0 Å². The minimum absolute atomic E-state index is 0.203. The summed E-state index contributed by atoms with van der Waals surface area (Å²) in [6.45, 7) is 2.11. The van der Waals surface area contributed by atoms with Gasteiger partial charge in [-0.1, -0.05) is 18.2 Å². The first-order chi connectivity index (χ1) is 8.33. The Kier molecular flexibility index (Phi) is 3.14. The van der Waals surface area contributed by atoms with E-state index in [1.165, 1.54) is 25.0 Å². The molecular formula is C13H18N2OS. The van der Waals surface area contributed by atoms with E-state index in [9.17, 15) is 0 Å². The summed E-state index contributed by atoms with van der Waals surface area (Å²) >= 11 is 1.86. The van der Waals surface area contributed by atoms with Crippen molar-refractivity contribution in [2.75, 3.05) is 5.75 Å². The molecule has 3 unspecified atom stereocenters. The maximum Gasteiger partial charge on any atom is 0.157 e. The fourth-order valence-electron chi connectivity index (χ4n) is 2.63. The van der Waals surface area contributed by atoms with Crippen LogP contribution < -0.4 is 5.32 Å². The highest BCUT2D eigenvalue weighted by Crippen LogP contribution is 2.35. The lowest BCUT2D eigenvalue weighted by Gasteiger charge is -2.25. The smallest absolute Gasteiger partial charge is 0.157 e. The zero-order chi connectivity index (χ0) is 11.7. The summed E-state index contributed by atoms with van der Waals surface area (Å²) in [5.41, 5.74) is 0. The lowest BCUT2D eigenvalue weighted by atomic mass is 10.1. The molecule has 2 heterocycles. The van der Waals surface area contributed by atoms with E-state index in [0.717, 1.165) is 16.8 Å². The molecule has 2 aliphatic rings. The van der Waals surface area contributed by atoms with Crippen molar-refractivity contribution in [1.29, 1.82) is 0 Å². The highest BCUT2D eigenvalue weighted by Gasteiger charge is 2.31. The van der Waals surface area contributed by atoms with Crippen LogP contribution in [-0.2, 0) is 0 Å². The summed E-state index contributed by atoms with van der Waals surface area (Å²) in [6.07, 6.45) is 5.70. The van der Waals surface area contributed by atoms with E-state index in [1.54, 1.807) is 6.26 Å². The number of nitrogens with one attached hydrogen (secondary N) is 1. The fraction of sp³-hybridized carbons (Fsp3) is 0.615. The number of hydrogen-bond donors (Lipinski definition) is 1. The van der Waals surface area contributed by atoms with Crippen molar-refractivity contribution in [1.82, 2.24) is 5.32 Å². The van der Waals surface area contributed by atoms with Crippen LogP contribution in [0.3, 0.4) is 0 Å². The van der Waals surface area contributed by atoms with Gasteiger partial charge in [-0.25, -0.2) is 0 Å². The third-order valence-electron chi connectivity index (χ3n) is 3.65. The van der Waals surface area contributed by atoms with E-state index in [4.69, 9.17) is 9.41 Å². The molecule has 3 atom stereocenters. The Morgan fingerprint density at radius 3 is 3.29 bits per heavy atom. The first-order valence-electron chi connectivity index (χ1n) is 6.33. The Hall–Kier alpha value is -0.900. The molecule has 0 radical (unpaired) electrons. The van der Waals surface area contributed by atoms with Crippen LogP contribution >= 0.6 is 11.8 Å². The summed E-state index contributed by atoms with van der Waals surface area (Å²) in [7, 11) is 0. The summed E-state index contributed by atoms with van der Waals surface area (Å²) < 4.78 is 5.40. The second-order valence-corrected chi connectivity index (χ2v) is 5.89. The summed E-state index contributed by atoms with van der Waals surface area (Å²) in [5, 5.41) is 4.55. The number of hydrogen-bond acceptors (Lipinski definition) is 4. The van der Waals surface area contributed by atoms with Crippen LogP contribution in [0.15, 0.2) is 27.8 Å². The first-order valence-corrected chi connectivity index (χ1v) is 7.32. The van der Waals surface area contributed by atoms with E-state index in [1.807, 2.05) is 23.9 Å². The van der Waals surface area contributed by atoms with Gasteiger partial charge in [0.25, 0.3) is 0 Å². The molecular weight excluding hydrogens is 232 g/mol. The molecule has 0 bridgehead atoms. The highest BCUT2D eigenvalue weighted by molar-refractivity contribution is 8.13. The topological polar surface area (TPSA) is 37.5 Å². The van der Waals surface area contributed by atoms with Gasteiger partial charge in [0, 0.05) is 5.75 Å². The minimum atomic E-state index is 0.203. The molecule has 1 aromatic rings. The molecule has 1 fully saturated rings. The fourth-order valence-corrected chi connectivity index (χ4v) is 3.86. The molecule has 1 aromatic heterocycles. The molecule has 0 saturated heterocycles. The lowest BCUT2D eigenvalue weighted by Crippen LogP contribution is -2.31. The molecule has 3 rings (SSSR count). The predicted molar refractivity (Wildman–Crippen MR) is 71.3 cm³/mol. The average molecular weight is 250 g/mol. The highest BCUT2D eigenvalue weighted by atomic mass is 32.2. The van der Waals surface area contributed by atoms with Gasteiger partial charge in [-0.2, -0.15) is 0 Å². The van der Waals surface area contributed by atoms with Gasteiger partial charge in [-0.05, 0) is 37.8 Å². The Balaban J connectivity index is 1.65. The normalized spacial score (nSPS) is 29.6. The van der Waals surface area contributed by atoms with Gasteiger partial charge >= 0.3 is 0 Å². The number of nitrogens with zero attached hydrogens (tertiary/aromatic N) is 1. The Morgan fingerprint density at radius 1 is 1.53 bits per heavy atom. The van der Waals surface area contributed by atoms with E-state index in [-0.39, 0.29) is 6.04 Å². The third-order valence-corrected chi connectivity index (χ3v) is 4.74. The molecule has 92 valence electrons. The second-order valence-electron chi connectivity index (χ2n) is 4.89. The zero-order valence-corrected chi connectivity index (χ0v) is 10.9. The van der Waals surface area contributed by atoms with Crippen molar-refractivity contribution in [2.45, 2.75) is 38.3 Å². The molecule has 3 nitrogen and oxygen atoms in total. The summed E-state index contributed by atoms with van der Waals surface area (Å²) in [5.74, 6) is 3.02. The van der Waals surface area contributed by atoms with Gasteiger partial charge in [0.05, 0.1) is 18.3 Å². The van der Waals surface area contributed by atoms with E-state index >= 15 is 0 Å². The Labute approximate surface area is 106 Å². The van der Waals surface area contributed by atoms with Crippen molar-refractivity contribution < 1.29 is 4.42 Å². The number of thioether (sulfide) groups is 1. The van der Waals surface area contributed by atoms with Gasteiger partial charge in [0.2, 0.25) is 0 Å². The van der Waals surface area contributed by atoms with E-state index in [2.05, 4.69) is 12.2 Å². The molecule has 17 heavy (non-hydrogen) atoms. The van der Waals surface area contributed by atoms with Gasteiger partial charge < -0.3 is 9.73 Å². The van der Waals surface area contributed by atoms with Gasteiger partial charge in [0.1, 0.15) is 5.76 Å². The minimum Gasteiger partial charge on any atom is -0.467 e. The van der Waals surface area contributed by atoms with E-state index < -0.39 is 0 Å². The summed E-state index contributed by atoms with van der Waals surface area (Å²) in [4.78, 5) is 4.82. The van der Waals surface area contributed by atoms with Crippen LogP contribution in [0.25, 0.3) is 0 Å². The van der Waals surface area contributed by atoms with Gasteiger partial charge in [0.15, 0.2) is 5.17 Å². The molecule has 0 amide bonds. The molecule has 1 saturated carbocycles. The number of furan rings is 1. The Bertz CT molecular complexity index is 402. The molecule has 1 aliphatic heterocycles. The monoisotopic (exact) mass is 250 g/mol. The molecule has 1 aliphatic carbocycles. The lowest BCUT2D eigenvalue weighted by molar-refractivity contribution is 0.461. The average Bonchev–Trinajstić information content (AvgIpc) is 2.99. The third kappa shape index (κ3) is 2.37. The van der Waals surface area contributed by atoms with Crippen molar-refractivity contribution >= 4 is 16.9 Å².